The maximum atomic E-state index is 12.7. The number of aromatic nitrogens is 2. The molecule has 2 aromatic rings. The van der Waals surface area contributed by atoms with Crippen LogP contribution in [0.5, 0.6) is 0 Å². The van der Waals surface area contributed by atoms with Gasteiger partial charge in [-0.25, -0.2) is 4.98 Å². The molecule has 7 heteroatoms. The summed E-state index contributed by atoms with van der Waals surface area (Å²) in [5, 5.41) is 10.1. The van der Waals surface area contributed by atoms with Crippen molar-refractivity contribution in [2.24, 2.45) is 0 Å². The molecule has 0 radical (unpaired) electrons. The van der Waals surface area contributed by atoms with E-state index in [1.54, 1.807) is 12.3 Å². The number of halogens is 3. The number of unbranched alkanes of at least 4 members (excludes halogenated alkanes) is 1. The minimum atomic E-state index is -4.33. The van der Waals surface area contributed by atoms with Crippen LogP contribution in [0.2, 0.25) is 0 Å². The molecule has 1 aromatic carbocycles. The summed E-state index contributed by atoms with van der Waals surface area (Å²) in [5.74, 6) is 0.401. The van der Waals surface area contributed by atoms with E-state index in [4.69, 9.17) is 0 Å². The van der Waals surface area contributed by atoms with Crippen LogP contribution in [0.15, 0.2) is 35.6 Å². The Kier molecular flexibility index (Phi) is 6.12. The van der Waals surface area contributed by atoms with Gasteiger partial charge in [0.15, 0.2) is 5.16 Å². The first-order valence-electron chi connectivity index (χ1n) is 7.40. The van der Waals surface area contributed by atoms with E-state index < -0.39 is 11.7 Å². The lowest BCUT2D eigenvalue weighted by Gasteiger charge is -2.11. The molecule has 0 atom stereocenters. The van der Waals surface area contributed by atoms with Crippen LogP contribution in [0.25, 0.3) is 0 Å². The number of hydrogen-bond acceptors (Lipinski definition) is 3. The predicted molar refractivity (Wildman–Crippen MR) is 84.1 cm³/mol. The first-order chi connectivity index (χ1) is 11.0. The van der Waals surface area contributed by atoms with E-state index >= 15 is 0 Å². The average Bonchev–Trinajstić information content (AvgIpc) is 2.92. The zero-order valence-corrected chi connectivity index (χ0v) is 13.6. The second kappa shape index (κ2) is 7.88. The zero-order valence-electron chi connectivity index (χ0n) is 12.8. The number of imidazole rings is 1. The fourth-order valence-electron chi connectivity index (χ4n) is 2.17. The fraction of sp³-hybridized carbons (Fsp3) is 0.438. The number of thioether (sulfide) groups is 1. The summed E-state index contributed by atoms with van der Waals surface area (Å²) >= 11 is 1.38. The summed E-state index contributed by atoms with van der Waals surface area (Å²) in [5.41, 5.74) is 0.686. The molecule has 0 bridgehead atoms. The molecule has 2 rings (SSSR count). The molecule has 0 saturated carbocycles. The highest BCUT2D eigenvalue weighted by Crippen LogP contribution is 2.31. The summed E-state index contributed by atoms with van der Waals surface area (Å²) in [6.07, 6.45) is -0.740. The van der Waals surface area contributed by atoms with Gasteiger partial charge in [-0.05, 0) is 18.1 Å². The molecule has 0 spiro atoms. The molecule has 3 nitrogen and oxygen atoms in total. The standard InChI is InChI=1S/C16H19F3N2OS/c1-2-3-7-21-14(10-22)9-20-15(21)23-11-12-5-4-6-13(8-12)16(17,18)19/h4-6,8-9,22H,2-3,7,10-11H2,1H3. The van der Waals surface area contributed by atoms with Gasteiger partial charge >= 0.3 is 6.18 Å². The highest BCUT2D eigenvalue weighted by molar-refractivity contribution is 7.98. The number of hydrogen-bond donors (Lipinski definition) is 1. The summed E-state index contributed by atoms with van der Waals surface area (Å²) in [4.78, 5) is 4.27. The number of benzene rings is 1. The van der Waals surface area contributed by atoms with Gasteiger partial charge in [0.1, 0.15) is 0 Å². The Hall–Kier alpha value is -1.47. The molecular formula is C16H19F3N2OS. The Bertz CT molecular complexity index is 640. The van der Waals surface area contributed by atoms with Gasteiger partial charge in [-0.15, -0.1) is 0 Å². The van der Waals surface area contributed by atoms with Gasteiger partial charge in [-0.1, -0.05) is 43.3 Å². The molecule has 0 saturated heterocycles. The lowest BCUT2D eigenvalue weighted by atomic mass is 10.1. The molecule has 1 N–H and O–H groups in total. The minimum Gasteiger partial charge on any atom is -0.390 e. The van der Waals surface area contributed by atoms with Crippen LogP contribution in [0.4, 0.5) is 13.2 Å². The second-order valence-electron chi connectivity index (χ2n) is 5.18. The van der Waals surface area contributed by atoms with E-state index in [9.17, 15) is 18.3 Å². The van der Waals surface area contributed by atoms with Crippen molar-refractivity contribution in [3.8, 4) is 0 Å². The van der Waals surface area contributed by atoms with Crippen LogP contribution in [0, 0.1) is 0 Å². The normalized spacial score (nSPS) is 11.9. The summed E-state index contributed by atoms with van der Waals surface area (Å²) in [6, 6.07) is 5.33. The van der Waals surface area contributed by atoms with Gasteiger partial charge in [-0.3, -0.25) is 0 Å². The smallest absolute Gasteiger partial charge is 0.390 e. The summed E-state index contributed by atoms with van der Waals surface area (Å²) < 4.78 is 40.1. The van der Waals surface area contributed by atoms with Crippen molar-refractivity contribution in [2.75, 3.05) is 0 Å². The molecule has 0 unspecified atom stereocenters. The SMILES string of the molecule is CCCCn1c(CO)cnc1SCc1cccc(C(F)(F)F)c1. The minimum absolute atomic E-state index is 0.0964. The first-order valence-corrected chi connectivity index (χ1v) is 8.38. The number of alkyl halides is 3. The quantitative estimate of drug-likeness (QED) is 0.752. The molecule has 0 aliphatic carbocycles. The lowest BCUT2D eigenvalue weighted by molar-refractivity contribution is -0.137. The summed E-state index contributed by atoms with van der Waals surface area (Å²) in [7, 11) is 0. The van der Waals surface area contributed by atoms with Gasteiger partial charge in [0.2, 0.25) is 0 Å². The molecule has 23 heavy (non-hydrogen) atoms. The molecular weight excluding hydrogens is 325 g/mol. The highest BCUT2D eigenvalue weighted by Gasteiger charge is 2.30. The van der Waals surface area contributed by atoms with Crippen molar-refractivity contribution in [1.82, 2.24) is 9.55 Å². The van der Waals surface area contributed by atoms with Crippen molar-refractivity contribution in [2.45, 2.75) is 50.0 Å². The molecule has 0 amide bonds. The third-order valence-electron chi connectivity index (χ3n) is 3.42. The van der Waals surface area contributed by atoms with Gasteiger partial charge < -0.3 is 9.67 Å². The van der Waals surface area contributed by atoms with E-state index in [2.05, 4.69) is 11.9 Å². The Morgan fingerprint density at radius 1 is 1.30 bits per heavy atom. The van der Waals surface area contributed by atoms with E-state index in [0.717, 1.165) is 36.3 Å². The van der Waals surface area contributed by atoms with Gasteiger partial charge in [0, 0.05) is 12.3 Å². The van der Waals surface area contributed by atoms with Crippen molar-refractivity contribution in [3.05, 3.63) is 47.3 Å². The monoisotopic (exact) mass is 344 g/mol. The maximum absolute atomic E-state index is 12.7. The Labute approximate surface area is 137 Å². The third-order valence-corrected chi connectivity index (χ3v) is 4.48. The van der Waals surface area contributed by atoms with Crippen molar-refractivity contribution in [1.29, 1.82) is 0 Å². The van der Waals surface area contributed by atoms with Crippen LogP contribution in [-0.4, -0.2) is 14.7 Å². The number of rotatable bonds is 7. The second-order valence-corrected chi connectivity index (χ2v) is 6.12. The Morgan fingerprint density at radius 2 is 2.09 bits per heavy atom. The zero-order chi connectivity index (χ0) is 16.9. The third kappa shape index (κ3) is 4.75. The van der Waals surface area contributed by atoms with Crippen LogP contribution < -0.4 is 0 Å². The molecule has 126 valence electrons. The first kappa shape index (κ1) is 17.9. The Morgan fingerprint density at radius 3 is 2.74 bits per heavy atom. The van der Waals surface area contributed by atoms with E-state index in [0.29, 0.717) is 11.3 Å². The molecule has 0 fully saturated rings. The van der Waals surface area contributed by atoms with E-state index in [1.165, 1.54) is 23.9 Å². The van der Waals surface area contributed by atoms with Crippen LogP contribution in [0.1, 0.15) is 36.6 Å². The summed E-state index contributed by atoms with van der Waals surface area (Å²) in [6.45, 7) is 2.73. The largest absolute Gasteiger partial charge is 0.416 e. The molecule has 1 aromatic heterocycles. The van der Waals surface area contributed by atoms with Gasteiger partial charge in [-0.2, -0.15) is 13.2 Å². The molecule has 0 aliphatic rings. The average molecular weight is 344 g/mol. The van der Waals surface area contributed by atoms with Gasteiger partial charge in [0.05, 0.1) is 24.1 Å². The predicted octanol–water partition coefficient (Wildman–Crippen LogP) is 4.49. The van der Waals surface area contributed by atoms with Crippen molar-refractivity contribution >= 4 is 11.8 Å². The van der Waals surface area contributed by atoms with Crippen LogP contribution >= 0.6 is 11.8 Å². The van der Waals surface area contributed by atoms with E-state index in [1.807, 2.05) is 4.57 Å². The molecule has 0 aliphatic heterocycles. The van der Waals surface area contributed by atoms with E-state index in [-0.39, 0.29) is 6.61 Å². The fourth-order valence-corrected chi connectivity index (χ4v) is 3.14. The lowest BCUT2D eigenvalue weighted by Crippen LogP contribution is -2.06. The highest BCUT2D eigenvalue weighted by atomic mass is 32.2. The Balaban J connectivity index is 2.10. The van der Waals surface area contributed by atoms with Gasteiger partial charge in [0.25, 0.3) is 0 Å². The van der Waals surface area contributed by atoms with Crippen LogP contribution in [-0.2, 0) is 25.1 Å². The molecule has 1 heterocycles. The van der Waals surface area contributed by atoms with Crippen molar-refractivity contribution < 1.29 is 18.3 Å². The van der Waals surface area contributed by atoms with Crippen molar-refractivity contribution in [3.63, 3.8) is 0 Å². The maximum Gasteiger partial charge on any atom is 0.416 e. The number of aliphatic hydroxyl groups excluding tert-OH is 1. The number of aliphatic hydroxyl groups is 1. The topological polar surface area (TPSA) is 38.0 Å². The number of nitrogens with zero attached hydrogens (tertiary/aromatic N) is 2. The van der Waals surface area contributed by atoms with Crippen LogP contribution in [0.3, 0.4) is 0 Å².